The molecule has 2 unspecified atom stereocenters. The molecule has 1 aliphatic heterocycles. The first-order chi connectivity index (χ1) is 14.2. The standard InChI is InChI=1S/C21H31BF2N2O4/c23-17-12-14-4-3-5-19(16(14)13-18(17)24)26-10-6-15(7-11-26)21(25,20(27)28)8-1-2-9-22(29)30/h12-13,15,19,29-30H,1-11,25H2,(H,27,28). The zero-order valence-electron chi connectivity index (χ0n) is 17.2. The highest BCUT2D eigenvalue weighted by atomic mass is 19.2. The first kappa shape index (κ1) is 23.1. The SMILES string of the molecule is NC(CCCCB(O)O)(C(=O)O)C1CCN(C2CCCc3cc(F)c(F)cc32)CC1. The maximum Gasteiger partial charge on any atom is 0.451 e. The molecule has 1 fully saturated rings. The third-order valence-corrected chi connectivity index (χ3v) is 6.86. The third-order valence-electron chi connectivity index (χ3n) is 6.86. The molecule has 2 aliphatic rings. The molecule has 0 saturated carbocycles. The number of nitrogens with two attached hydrogens (primary N) is 1. The lowest BCUT2D eigenvalue weighted by Crippen LogP contribution is -2.57. The highest BCUT2D eigenvalue weighted by molar-refractivity contribution is 6.40. The molecule has 1 aliphatic carbocycles. The van der Waals surface area contributed by atoms with E-state index in [-0.39, 0.29) is 24.7 Å². The van der Waals surface area contributed by atoms with Gasteiger partial charge in [-0.15, -0.1) is 0 Å². The summed E-state index contributed by atoms with van der Waals surface area (Å²) >= 11 is 0. The van der Waals surface area contributed by atoms with Gasteiger partial charge in [0.25, 0.3) is 0 Å². The maximum absolute atomic E-state index is 13.8. The molecular formula is C21H31BF2N2O4. The fourth-order valence-corrected chi connectivity index (χ4v) is 5.11. The average molecular weight is 424 g/mol. The second kappa shape index (κ2) is 9.72. The Morgan fingerprint density at radius 2 is 1.83 bits per heavy atom. The summed E-state index contributed by atoms with van der Waals surface area (Å²) < 4.78 is 27.5. The van der Waals surface area contributed by atoms with E-state index in [2.05, 4.69) is 4.90 Å². The Balaban J connectivity index is 1.64. The summed E-state index contributed by atoms with van der Waals surface area (Å²) in [5, 5.41) is 27.7. The Hall–Kier alpha value is -1.55. The van der Waals surface area contributed by atoms with Crippen LogP contribution in [0.5, 0.6) is 0 Å². The quantitative estimate of drug-likeness (QED) is 0.377. The molecule has 1 heterocycles. The van der Waals surface area contributed by atoms with Crippen LogP contribution in [0, 0.1) is 17.6 Å². The molecule has 5 N–H and O–H groups in total. The van der Waals surface area contributed by atoms with Gasteiger partial charge in [0, 0.05) is 6.04 Å². The van der Waals surface area contributed by atoms with Gasteiger partial charge >= 0.3 is 13.1 Å². The molecule has 1 aromatic rings. The number of benzene rings is 1. The van der Waals surface area contributed by atoms with E-state index in [1.807, 2.05) is 0 Å². The number of rotatable bonds is 8. The lowest BCUT2D eigenvalue weighted by Gasteiger charge is -2.44. The van der Waals surface area contributed by atoms with E-state index in [1.54, 1.807) is 0 Å². The molecule has 0 amide bonds. The molecule has 166 valence electrons. The number of aryl methyl sites for hydroxylation is 1. The minimum atomic E-state index is -1.39. The first-order valence-electron chi connectivity index (χ1n) is 10.8. The molecule has 30 heavy (non-hydrogen) atoms. The van der Waals surface area contributed by atoms with E-state index >= 15 is 0 Å². The third kappa shape index (κ3) is 5.02. The van der Waals surface area contributed by atoms with Crippen LogP contribution in [0.25, 0.3) is 0 Å². The molecule has 1 aromatic carbocycles. The van der Waals surface area contributed by atoms with Crippen molar-refractivity contribution in [1.82, 2.24) is 4.90 Å². The van der Waals surface area contributed by atoms with Crippen LogP contribution in [-0.2, 0) is 11.2 Å². The van der Waals surface area contributed by atoms with Gasteiger partial charge in [0.15, 0.2) is 11.6 Å². The Labute approximate surface area is 176 Å². The van der Waals surface area contributed by atoms with E-state index in [9.17, 15) is 18.7 Å². The highest BCUT2D eigenvalue weighted by Gasteiger charge is 2.44. The predicted octanol–water partition coefficient (Wildman–Crippen LogP) is 2.48. The maximum atomic E-state index is 13.8. The molecule has 0 spiro atoms. The van der Waals surface area contributed by atoms with Crippen LogP contribution in [0.15, 0.2) is 12.1 Å². The Kier molecular flexibility index (Phi) is 7.49. The van der Waals surface area contributed by atoms with E-state index in [4.69, 9.17) is 15.8 Å². The fourth-order valence-electron chi connectivity index (χ4n) is 5.11. The van der Waals surface area contributed by atoms with Gasteiger partial charge in [-0.2, -0.15) is 0 Å². The number of carboxylic acid groups (broad SMARTS) is 1. The van der Waals surface area contributed by atoms with Crippen molar-refractivity contribution in [1.29, 1.82) is 0 Å². The van der Waals surface area contributed by atoms with Crippen LogP contribution in [-0.4, -0.2) is 51.8 Å². The molecule has 0 bridgehead atoms. The normalized spacial score (nSPS) is 22.4. The van der Waals surface area contributed by atoms with Crippen LogP contribution >= 0.6 is 0 Å². The monoisotopic (exact) mass is 424 g/mol. The summed E-state index contributed by atoms with van der Waals surface area (Å²) in [6.07, 6.45) is 5.29. The number of carbonyl (C=O) groups is 1. The number of carboxylic acids is 1. The van der Waals surface area contributed by atoms with Crippen LogP contribution in [0.4, 0.5) is 8.78 Å². The van der Waals surface area contributed by atoms with E-state index < -0.39 is 30.3 Å². The average Bonchev–Trinajstić information content (AvgIpc) is 2.71. The molecule has 0 aromatic heterocycles. The number of likely N-dealkylation sites (tertiary alicyclic amines) is 1. The van der Waals surface area contributed by atoms with Gasteiger partial charge in [-0.1, -0.05) is 12.8 Å². The van der Waals surface area contributed by atoms with Crippen LogP contribution in [0.2, 0.25) is 6.32 Å². The molecule has 1 saturated heterocycles. The van der Waals surface area contributed by atoms with Crippen LogP contribution in [0.3, 0.4) is 0 Å². The topological polar surface area (TPSA) is 107 Å². The summed E-state index contributed by atoms with van der Waals surface area (Å²) in [7, 11) is -1.39. The van der Waals surface area contributed by atoms with Gasteiger partial charge in [-0.3, -0.25) is 9.69 Å². The van der Waals surface area contributed by atoms with Gasteiger partial charge in [0.05, 0.1) is 0 Å². The van der Waals surface area contributed by atoms with E-state index in [0.29, 0.717) is 38.8 Å². The van der Waals surface area contributed by atoms with Gasteiger partial charge in [-0.05, 0) is 87.1 Å². The van der Waals surface area contributed by atoms with Crippen molar-refractivity contribution < 1.29 is 28.7 Å². The number of halogens is 2. The largest absolute Gasteiger partial charge is 0.480 e. The number of fused-ring (bicyclic) bond motifs is 1. The summed E-state index contributed by atoms with van der Waals surface area (Å²) in [5.41, 5.74) is 6.70. The molecule has 3 rings (SSSR count). The lowest BCUT2D eigenvalue weighted by molar-refractivity contribution is -0.147. The Bertz CT molecular complexity index is 759. The van der Waals surface area contributed by atoms with Gasteiger partial charge < -0.3 is 20.9 Å². The zero-order valence-corrected chi connectivity index (χ0v) is 17.2. The van der Waals surface area contributed by atoms with Crippen LogP contribution in [0.1, 0.15) is 62.1 Å². The van der Waals surface area contributed by atoms with Crippen molar-refractivity contribution in [3.63, 3.8) is 0 Å². The Morgan fingerprint density at radius 1 is 1.17 bits per heavy atom. The predicted molar refractivity (Wildman–Crippen MR) is 110 cm³/mol. The number of hydrogen-bond acceptors (Lipinski definition) is 5. The molecule has 6 nitrogen and oxygen atoms in total. The van der Waals surface area contributed by atoms with Crippen LogP contribution < -0.4 is 5.73 Å². The number of aliphatic carboxylic acids is 1. The minimum Gasteiger partial charge on any atom is -0.480 e. The number of piperidine rings is 1. The highest BCUT2D eigenvalue weighted by Crippen LogP contribution is 2.39. The van der Waals surface area contributed by atoms with E-state index in [0.717, 1.165) is 30.4 Å². The number of unbranched alkanes of at least 4 members (excludes halogenated alkanes) is 1. The van der Waals surface area contributed by atoms with E-state index in [1.165, 1.54) is 12.1 Å². The first-order valence-corrected chi connectivity index (χ1v) is 10.8. The summed E-state index contributed by atoms with van der Waals surface area (Å²) in [6, 6.07) is 2.65. The zero-order chi connectivity index (χ0) is 21.9. The van der Waals surface area contributed by atoms with Crippen molar-refractivity contribution in [2.45, 2.75) is 69.3 Å². The second-order valence-electron chi connectivity index (χ2n) is 8.76. The van der Waals surface area contributed by atoms with Crippen molar-refractivity contribution >= 4 is 13.1 Å². The minimum absolute atomic E-state index is 0.0212. The van der Waals surface area contributed by atoms with Crippen molar-refractivity contribution in [3.05, 3.63) is 34.9 Å². The number of nitrogens with zero attached hydrogens (tertiary/aromatic N) is 1. The van der Waals surface area contributed by atoms with Crippen molar-refractivity contribution in [2.24, 2.45) is 11.7 Å². The number of hydrogen-bond donors (Lipinski definition) is 4. The van der Waals surface area contributed by atoms with Gasteiger partial charge in [0.2, 0.25) is 0 Å². The second-order valence-corrected chi connectivity index (χ2v) is 8.76. The molecule has 2 atom stereocenters. The Morgan fingerprint density at radius 3 is 2.47 bits per heavy atom. The van der Waals surface area contributed by atoms with Gasteiger partial charge in [0.1, 0.15) is 5.54 Å². The van der Waals surface area contributed by atoms with Crippen molar-refractivity contribution in [3.8, 4) is 0 Å². The fraction of sp³-hybridized carbons (Fsp3) is 0.667. The summed E-state index contributed by atoms with van der Waals surface area (Å²) in [6.45, 7) is 1.32. The van der Waals surface area contributed by atoms with Crippen molar-refractivity contribution in [2.75, 3.05) is 13.1 Å². The molecular weight excluding hydrogens is 393 g/mol. The smallest absolute Gasteiger partial charge is 0.451 e. The molecule has 9 heteroatoms. The van der Waals surface area contributed by atoms with Gasteiger partial charge in [-0.25, -0.2) is 8.78 Å². The summed E-state index contributed by atoms with van der Waals surface area (Å²) in [5.74, 6) is -2.84. The lowest BCUT2D eigenvalue weighted by atomic mass is 9.73. The molecule has 0 radical (unpaired) electrons. The summed E-state index contributed by atoms with van der Waals surface area (Å²) in [4.78, 5) is 14.2.